The van der Waals surface area contributed by atoms with Crippen LogP contribution in [-0.2, 0) is 28.9 Å². The molecule has 2 aliphatic heterocycles. The molecule has 0 radical (unpaired) electrons. The van der Waals surface area contributed by atoms with Crippen LogP contribution in [0.1, 0.15) is 85.7 Å². The van der Waals surface area contributed by atoms with Crippen molar-refractivity contribution in [2.45, 2.75) is 71.1 Å². The summed E-state index contributed by atoms with van der Waals surface area (Å²) in [6, 6.07) is 36.7. The Morgan fingerprint density at radius 1 is 0.967 bits per heavy atom. The molecule has 1 aromatic heterocycles. The highest BCUT2D eigenvalue weighted by Crippen LogP contribution is 2.45. The van der Waals surface area contributed by atoms with Crippen LogP contribution in [-0.4, -0.2) is 72.8 Å². The fourth-order valence-electron chi connectivity index (χ4n) is 8.21. The third-order valence-electron chi connectivity index (χ3n) is 11.1. The molecule has 2 aliphatic rings. The summed E-state index contributed by atoms with van der Waals surface area (Å²) in [5.41, 5.74) is 5.52. The van der Waals surface area contributed by atoms with E-state index in [2.05, 4.69) is 110 Å². The lowest BCUT2D eigenvalue weighted by molar-refractivity contribution is 0.0945. The number of carbonyl (C=O) groups is 1. The van der Waals surface area contributed by atoms with Crippen LogP contribution in [0.15, 0.2) is 109 Å². The maximum Gasteiger partial charge on any atom is 0.270 e. The molecule has 0 unspecified atom stereocenters. The number of ether oxygens (including phenoxy) is 2. The number of nitrogens with one attached hydrogen (secondary N) is 1. The number of amides is 1. The van der Waals surface area contributed by atoms with Gasteiger partial charge in [0.2, 0.25) is 6.79 Å². The molecule has 312 valence electrons. The molecular formula is C49H56N4O5SSi. The summed E-state index contributed by atoms with van der Waals surface area (Å²) in [5.74, 6) is 8.18. The number of fused-ring (bicyclic) bond motifs is 2. The van der Waals surface area contributed by atoms with Gasteiger partial charge in [-0.05, 0) is 83.8 Å². The fraction of sp³-hybridized carbons (Fsp3) is 0.347. The van der Waals surface area contributed by atoms with Crippen LogP contribution >= 0.6 is 0 Å². The van der Waals surface area contributed by atoms with Crippen molar-refractivity contribution in [3.8, 4) is 34.6 Å². The van der Waals surface area contributed by atoms with E-state index in [0.717, 1.165) is 40.7 Å². The van der Waals surface area contributed by atoms with Gasteiger partial charge in [-0.25, -0.2) is 4.98 Å². The monoisotopic (exact) mass is 840 g/mol. The van der Waals surface area contributed by atoms with E-state index in [4.69, 9.17) is 18.9 Å². The minimum atomic E-state index is -2.85. The van der Waals surface area contributed by atoms with Gasteiger partial charge in [-0.2, -0.15) is 0 Å². The zero-order valence-electron chi connectivity index (χ0n) is 35.6. The van der Waals surface area contributed by atoms with Crippen molar-refractivity contribution in [2.24, 2.45) is 0 Å². The summed E-state index contributed by atoms with van der Waals surface area (Å²) in [7, 11) is 1.14. The molecule has 0 spiro atoms. The molecule has 60 heavy (non-hydrogen) atoms. The quantitative estimate of drug-likeness (QED) is 0.0654. The number of hydrogen-bond donors (Lipinski definition) is 1. The first kappa shape index (κ1) is 43.2. The second-order valence-corrected chi connectivity index (χ2v) is 22.5. The van der Waals surface area contributed by atoms with E-state index >= 15 is 0 Å². The first-order chi connectivity index (χ1) is 29.0. The number of rotatable bonds is 15. The Hall–Kier alpha value is -4.93. The SMILES string of the molecule is CCCC[S@+]([O-])N1Cc2cc(C(=O)NCc3ccc4c(c3)OCO4)nc(-c3cccc(C#CCN(C)C)c3)c2[C@H]1CCO[Si](c1ccccc1)(c1ccccc1)C(C)(C)C. The maximum atomic E-state index is 14.3. The van der Waals surface area contributed by atoms with Gasteiger partial charge in [-0.15, -0.1) is 4.31 Å². The minimum absolute atomic E-state index is 0.183. The van der Waals surface area contributed by atoms with E-state index in [1.807, 2.05) is 67.5 Å². The lowest BCUT2D eigenvalue weighted by Crippen LogP contribution is -2.66. The number of hydrogen-bond acceptors (Lipinski definition) is 8. The van der Waals surface area contributed by atoms with E-state index in [1.165, 1.54) is 10.4 Å². The van der Waals surface area contributed by atoms with Crippen molar-refractivity contribution in [3.05, 3.63) is 137 Å². The molecule has 11 heteroatoms. The molecule has 0 bridgehead atoms. The Labute approximate surface area is 359 Å². The predicted molar refractivity (Wildman–Crippen MR) is 243 cm³/mol. The molecule has 0 saturated carbocycles. The number of nitrogens with zero attached hydrogens (tertiary/aromatic N) is 3. The molecule has 0 fully saturated rings. The van der Waals surface area contributed by atoms with E-state index in [1.54, 1.807) is 0 Å². The maximum absolute atomic E-state index is 14.3. The van der Waals surface area contributed by atoms with Crippen molar-refractivity contribution >= 4 is 36.0 Å². The summed E-state index contributed by atoms with van der Waals surface area (Å²) in [4.78, 5) is 21.2. The van der Waals surface area contributed by atoms with Gasteiger partial charge >= 0.3 is 0 Å². The molecular weight excluding hydrogens is 785 g/mol. The van der Waals surface area contributed by atoms with Gasteiger partial charge in [0.25, 0.3) is 14.2 Å². The molecule has 9 nitrogen and oxygen atoms in total. The fourth-order valence-corrected chi connectivity index (χ4v) is 14.3. The van der Waals surface area contributed by atoms with Crippen molar-refractivity contribution in [1.82, 2.24) is 19.5 Å². The molecule has 3 heterocycles. The predicted octanol–water partition coefficient (Wildman–Crippen LogP) is 7.61. The zero-order valence-corrected chi connectivity index (χ0v) is 37.4. The first-order valence-corrected chi connectivity index (χ1v) is 24.0. The highest BCUT2D eigenvalue weighted by atomic mass is 32.2. The summed E-state index contributed by atoms with van der Waals surface area (Å²) >= 11 is -1.28. The number of carbonyl (C=O) groups excluding carboxylic acids is 1. The summed E-state index contributed by atoms with van der Waals surface area (Å²) in [5, 5.41) is 5.31. The third-order valence-corrected chi connectivity index (χ3v) is 17.7. The van der Waals surface area contributed by atoms with Gasteiger partial charge in [-0.1, -0.05) is 125 Å². The molecule has 7 rings (SSSR count). The molecule has 1 N–H and O–H groups in total. The number of aromatic nitrogens is 1. The van der Waals surface area contributed by atoms with Gasteiger partial charge in [0, 0.05) is 41.2 Å². The second-order valence-electron chi connectivity index (χ2n) is 16.7. The van der Waals surface area contributed by atoms with Crippen LogP contribution in [0.5, 0.6) is 11.5 Å². The molecule has 0 aliphatic carbocycles. The van der Waals surface area contributed by atoms with E-state index in [0.29, 0.717) is 54.8 Å². The standard InChI is InChI=1S/C49H56N4O5SSi/c1-7-8-29-59(55)53-34-39-32-42(48(54)50-33-37-24-25-44-45(31-37)57-35-56-44)51-47(38-19-15-17-36(30-38)18-16-27-52(5)6)46(39)43(53)26-28-58-60(49(2,3)4,40-20-11-9-12-21-40)41-22-13-10-14-23-41/h9-15,17,19-25,30-32,43H,7-8,26-29,33-35H2,1-6H3,(H,50,54)/t43-,59+/m1/s1. The molecule has 2 atom stereocenters. The Bertz CT molecular complexity index is 2290. The summed E-state index contributed by atoms with van der Waals surface area (Å²) in [6.45, 7) is 10.9. The van der Waals surface area contributed by atoms with Crippen LogP contribution < -0.4 is 25.2 Å². The topological polar surface area (TPSA) is 99.2 Å². The minimum Gasteiger partial charge on any atom is -0.598 e. The Kier molecular flexibility index (Phi) is 13.8. The van der Waals surface area contributed by atoms with Gasteiger partial charge < -0.3 is 23.8 Å². The Morgan fingerprint density at radius 3 is 2.37 bits per heavy atom. The number of unbranched alkanes of at least 4 members (excludes halogenated alkanes) is 1. The summed E-state index contributed by atoms with van der Waals surface area (Å²) < 4.78 is 34.9. The number of benzene rings is 4. The average molecular weight is 841 g/mol. The van der Waals surface area contributed by atoms with Crippen LogP contribution in [0.4, 0.5) is 0 Å². The second kappa shape index (κ2) is 19.2. The average Bonchev–Trinajstić information content (AvgIpc) is 3.88. The molecule has 1 amide bonds. The summed E-state index contributed by atoms with van der Waals surface area (Å²) in [6.07, 6.45) is 2.37. The smallest absolute Gasteiger partial charge is 0.270 e. The number of pyridine rings is 1. The third kappa shape index (κ3) is 9.50. The lowest BCUT2D eigenvalue weighted by Gasteiger charge is -2.43. The normalized spacial score (nSPS) is 15.4. The van der Waals surface area contributed by atoms with Crippen LogP contribution in [0, 0.1) is 11.8 Å². The van der Waals surface area contributed by atoms with Gasteiger partial charge in [0.05, 0.1) is 24.8 Å². The van der Waals surface area contributed by atoms with Crippen molar-refractivity contribution in [3.63, 3.8) is 0 Å². The Balaban J connectivity index is 1.28. The van der Waals surface area contributed by atoms with Gasteiger partial charge in [0.1, 0.15) is 11.4 Å². The first-order valence-electron chi connectivity index (χ1n) is 20.8. The van der Waals surface area contributed by atoms with Crippen LogP contribution in [0.2, 0.25) is 5.04 Å². The Morgan fingerprint density at radius 2 is 1.68 bits per heavy atom. The van der Waals surface area contributed by atoms with E-state index < -0.39 is 19.7 Å². The van der Waals surface area contributed by atoms with Gasteiger partial charge in [0.15, 0.2) is 11.5 Å². The van der Waals surface area contributed by atoms with Gasteiger partial charge in [-0.3, -0.25) is 9.69 Å². The van der Waals surface area contributed by atoms with E-state index in [-0.39, 0.29) is 30.3 Å². The zero-order chi connectivity index (χ0) is 42.3. The molecule has 4 aromatic carbocycles. The van der Waals surface area contributed by atoms with E-state index in [9.17, 15) is 9.35 Å². The largest absolute Gasteiger partial charge is 0.598 e. The van der Waals surface area contributed by atoms with Crippen molar-refractivity contribution in [1.29, 1.82) is 0 Å². The highest BCUT2D eigenvalue weighted by molar-refractivity contribution is 7.89. The molecule has 0 saturated heterocycles. The van der Waals surface area contributed by atoms with Crippen LogP contribution in [0.3, 0.4) is 0 Å². The van der Waals surface area contributed by atoms with Crippen molar-refractivity contribution < 1.29 is 23.2 Å². The van der Waals surface area contributed by atoms with Crippen LogP contribution in [0.25, 0.3) is 11.3 Å². The van der Waals surface area contributed by atoms with Crippen molar-refractivity contribution in [2.75, 3.05) is 39.8 Å². The molecule has 5 aromatic rings. The highest BCUT2D eigenvalue weighted by Gasteiger charge is 2.50. The lowest BCUT2D eigenvalue weighted by atomic mass is 9.95.